The third kappa shape index (κ3) is 3.15. The number of rotatable bonds is 3. The summed E-state index contributed by atoms with van der Waals surface area (Å²) < 4.78 is 1.89. The molecule has 0 bridgehead atoms. The van der Waals surface area contributed by atoms with E-state index in [1.54, 1.807) is 0 Å². The lowest BCUT2D eigenvalue weighted by Gasteiger charge is -2.27. The molecule has 5 aromatic rings. The number of benzene rings is 3. The van der Waals surface area contributed by atoms with Crippen LogP contribution >= 0.6 is 0 Å². The third-order valence-corrected chi connectivity index (χ3v) is 6.37. The smallest absolute Gasteiger partial charge is 0.254 e. The number of aromatic nitrogens is 4. The number of hydrogen-bond acceptors (Lipinski definition) is 3. The number of aryl methyl sites for hydroxylation is 1. The van der Waals surface area contributed by atoms with Crippen LogP contribution in [0.1, 0.15) is 32.7 Å². The van der Waals surface area contributed by atoms with Gasteiger partial charge in [0.25, 0.3) is 5.91 Å². The van der Waals surface area contributed by atoms with Crippen LogP contribution in [0.15, 0.2) is 66.7 Å². The Morgan fingerprint density at radius 1 is 1.06 bits per heavy atom. The highest BCUT2D eigenvalue weighted by molar-refractivity contribution is 5.95. The number of carbonyl (C=O) groups is 1. The Morgan fingerprint density at radius 3 is 2.78 bits per heavy atom. The largest absolute Gasteiger partial charge is 0.358 e. The number of fused-ring (bicyclic) bond motifs is 4. The van der Waals surface area contributed by atoms with E-state index in [0.717, 1.165) is 40.6 Å². The first-order chi connectivity index (χ1) is 15.7. The molecule has 32 heavy (non-hydrogen) atoms. The van der Waals surface area contributed by atoms with Gasteiger partial charge in [-0.15, -0.1) is 5.10 Å². The Hall–Kier alpha value is -3.93. The summed E-state index contributed by atoms with van der Waals surface area (Å²) in [4.78, 5) is 18.7. The van der Waals surface area contributed by atoms with Crippen molar-refractivity contribution >= 4 is 27.8 Å². The van der Waals surface area contributed by atoms with Gasteiger partial charge in [-0.1, -0.05) is 41.1 Å². The van der Waals surface area contributed by atoms with E-state index in [9.17, 15) is 4.79 Å². The zero-order valence-corrected chi connectivity index (χ0v) is 17.9. The van der Waals surface area contributed by atoms with Gasteiger partial charge in [-0.05, 0) is 48.9 Å². The zero-order valence-electron chi connectivity index (χ0n) is 17.9. The molecule has 1 amide bonds. The van der Waals surface area contributed by atoms with Gasteiger partial charge in [0.05, 0.1) is 12.1 Å². The number of amides is 1. The van der Waals surface area contributed by atoms with Gasteiger partial charge in [0.15, 0.2) is 0 Å². The summed E-state index contributed by atoms with van der Waals surface area (Å²) in [6.45, 7) is 4.10. The maximum absolute atomic E-state index is 13.2. The molecule has 0 unspecified atom stereocenters. The van der Waals surface area contributed by atoms with Crippen LogP contribution < -0.4 is 0 Å². The van der Waals surface area contributed by atoms with Crippen molar-refractivity contribution in [2.45, 2.75) is 26.4 Å². The summed E-state index contributed by atoms with van der Waals surface area (Å²) in [6.07, 6.45) is 0.853. The number of nitrogens with one attached hydrogen (secondary N) is 1. The second-order valence-corrected chi connectivity index (χ2v) is 8.54. The Morgan fingerprint density at radius 2 is 1.91 bits per heavy atom. The molecule has 3 aromatic carbocycles. The molecule has 6 heteroatoms. The van der Waals surface area contributed by atoms with Crippen LogP contribution in [-0.4, -0.2) is 37.3 Å². The van der Waals surface area contributed by atoms with E-state index in [-0.39, 0.29) is 5.91 Å². The van der Waals surface area contributed by atoms with Crippen LogP contribution in [0.3, 0.4) is 0 Å². The minimum atomic E-state index is 0.0791. The second kappa shape index (κ2) is 7.34. The second-order valence-electron chi connectivity index (χ2n) is 8.54. The van der Waals surface area contributed by atoms with Crippen LogP contribution in [0, 0.1) is 6.92 Å². The molecule has 0 aliphatic carbocycles. The molecule has 6 nitrogen and oxygen atoms in total. The lowest BCUT2D eigenvalue weighted by atomic mass is 10.0. The number of hydrogen-bond donors (Lipinski definition) is 1. The van der Waals surface area contributed by atoms with Gasteiger partial charge in [-0.2, -0.15) is 0 Å². The molecule has 0 saturated carbocycles. The number of H-pyrrole nitrogens is 1. The molecular formula is C26H23N5O. The summed E-state index contributed by atoms with van der Waals surface area (Å²) >= 11 is 0. The molecule has 2 aromatic heterocycles. The maximum Gasteiger partial charge on any atom is 0.254 e. The Bertz CT molecular complexity index is 1460. The van der Waals surface area contributed by atoms with Gasteiger partial charge in [-0.25, -0.2) is 4.68 Å². The quantitative estimate of drug-likeness (QED) is 0.467. The van der Waals surface area contributed by atoms with Crippen LogP contribution in [-0.2, 0) is 19.5 Å². The van der Waals surface area contributed by atoms with Gasteiger partial charge in [-0.3, -0.25) is 4.79 Å². The molecule has 0 atom stereocenters. The predicted octanol–water partition coefficient (Wildman–Crippen LogP) is 4.47. The Labute approximate surface area is 185 Å². The molecular weight excluding hydrogens is 398 g/mol. The molecule has 0 radical (unpaired) electrons. The monoisotopic (exact) mass is 421 g/mol. The highest BCUT2D eigenvalue weighted by Gasteiger charge is 2.24. The topological polar surface area (TPSA) is 66.8 Å². The number of para-hydroxylation sites is 1. The van der Waals surface area contributed by atoms with Crippen molar-refractivity contribution in [1.29, 1.82) is 0 Å². The molecule has 3 heterocycles. The molecule has 1 aliphatic rings. The summed E-state index contributed by atoms with van der Waals surface area (Å²) in [5.41, 5.74) is 8.59. The molecule has 1 aliphatic heterocycles. The fraction of sp³-hybridized carbons (Fsp3) is 0.192. The van der Waals surface area contributed by atoms with E-state index < -0.39 is 0 Å². The standard InChI is InChI=1S/C26H23N5O/c1-17-6-11-22-20(14-17)21-16-30(13-12-23(21)27-22)26(32)19-9-7-18(8-10-19)15-31-25-5-3-2-4-24(25)28-29-31/h2-11,14,27H,12-13,15-16H2,1H3. The first-order valence-corrected chi connectivity index (χ1v) is 10.9. The van der Waals surface area contributed by atoms with E-state index in [0.29, 0.717) is 13.1 Å². The number of aromatic amines is 1. The van der Waals surface area contributed by atoms with Crippen molar-refractivity contribution in [3.05, 3.63) is 94.7 Å². The van der Waals surface area contributed by atoms with Crippen LogP contribution in [0.5, 0.6) is 0 Å². The molecule has 0 fully saturated rings. The molecule has 0 saturated heterocycles. The predicted molar refractivity (Wildman–Crippen MR) is 125 cm³/mol. The van der Waals surface area contributed by atoms with Crippen LogP contribution in [0.2, 0.25) is 0 Å². The van der Waals surface area contributed by atoms with Gasteiger partial charge in [0.1, 0.15) is 5.52 Å². The Kier molecular flexibility index (Phi) is 4.31. The molecule has 0 spiro atoms. The lowest BCUT2D eigenvalue weighted by Crippen LogP contribution is -2.35. The summed E-state index contributed by atoms with van der Waals surface area (Å²) in [6, 6.07) is 22.2. The van der Waals surface area contributed by atoms with E-state index in [1.807, 2.05) is 58.1 Å². The summed E-state index contributed by atoms with van der Waals surface area (Å²) in [7, 11) is 0. The summed E-state index contributed by atoms with van der Waals surface area (Å²) in [5, 5.41) is 9.70. The fourth-order valence-corrected chi connectivity index (χ4v) is 4.64. The first kappa shape index (κ1) is 18.8. The van der Waals surface area contributed by atoms with Gasteiger partial charge in [0.2, 0.25) is 0 Å². The van der Waals surface area contributed by atoms with Gasteiger partial charge in [0, 0.05) is 47.2 Å². The lowest BCUT2D eigenvalue weighted by molar-refractivity contribution is 0.0735. The van der Waals surface area contributed by atoms with Crippen molar-refractivity contribution in [3.63, 3.8) is 0 Å². The summed E-state index contributed by atoms with van der Waals surface area (Å²) in [5.74, 6) is 0.0791. The van der Waals surface area contributed by atoms with Crippen LogP contribution in [0.25, 0.3) is 21.9 Å². The average Bonchev–Trinajstić information content (AvgIpc) is 3.40. The zero-order chi connectivity index (χ0) is 21.7. The van der Waals surface area contributed by atoms with Crippen molar-refractivity contribution in [1.82, 2.24) is 24.9 Å². The maximum atomic E-state index is 13.2. The highest BCUT2D eigenvalue weighted by atomic mass is 16.2. The van der Waals surface area contributed by atoms with E-state index in [1.165, 1.54) is 22.2 Å². The van der Waals surface area contributed by atoms with E-state index >= 15 is 0 Å². The minimum absolute atomic E-state index is 0.0791. The molecule has 6 rings (SSSR count). The number of carbonyl (C=O) groups excluding carboxylic acids is 1. The SMILES string of the molecule is Cc1ccc2[nH]c3c(c2c1)CN(C(=O)c1ccc(Cn2nnc4ccccc42)cc1)CC3. The highest BCUT2D eigenvalue weighted by Crippen LogP contribution is 2.29. The van der Waals surface area contributed by atoms with Gasteiger partial charge >= 0.3 is 0 Å². The Balaban J connectivity index is 1.21. The minimum Gasteiger partial charge on any atom is -0.358 e. The van der Waals surface area contributed by atoms with Crippen molar-refractivity contribution in [2.24, 2.45) is 0 Å². The molecule has 1 N–H and O–H groups in total. The normalized spacial score (nSPS) is 13.6. The first-order valence-electron chi connectivity index (χ1n) is 10.9. The third-order valence-electron chi connectivity index (χ3n) is 6.37. The van der Waals surface area contributed by atoms with Crippen molar-refractivity contribution in [2.75, 3.05) is 6.54 Å². The number of nitrogens with zero attached hydrogens (tertiary/aromatic N) is 4. The fourth-order valence-electron chi connectivity index (χ4n) is 4.64. The van der Waals surface area contributed by atoms with Crippen molar-refractivity contribution in [3.8, 4) is 0 Å². The van der Waals surface area contributed by atoms with Crippen molar-refractivity contribution < 1.29 is 4.79 Å². The average molecular weight is 422 g/mol. The van der Waals surface area contributed by atoms with Gasteiger partial charge < -0.3 is 9.88 Å². The van der Waals surface area contributed by atoms with Crippen LogP contribution in [0.4, 0.5) is 0 Å². The molecule has 158 valence electrons. The van der Waals surface area contributed by atoms with E-state index in [4.69, 9.17) is 0 Å². The van der Waals surface area contributed by atoms with E-state index in [2.05, 4.69) is 40.4 Å².